The number of hydrogen-bond donors (Lipinski definition) is 2. The van der Waals surface area contributed by atoms with Gasteiger partial charge in [-0.05, 0) is 18.2 Å². The van der Waals surface area contributed by atoms with E-state index >= 15 is 0 Å². The summed E-state index contributed by atoms with van der Waals surface area (Å²) >= 11 is 0. The second-order valence-electron chi connectivity index (χ2n) is 3.34. The smallest absolute Gasteiger partial charge is 0.416 e. The highest BCUT2D eigenvalue weighted by Gasteiger charge is 2.31. The number of benzene rings is 1. The zero-order chi connectivity index (χ0) is 13.8. The molecule has 3 nitrogen and oxygen atoms in total. The molecular weight excluding hydrogens is 249 g/mol. The van der Waals surface area contributed by atoms with Crippen LogP contribution in [0, 0.1) is 11.8 Å². The normalized spacial score (nSPS) is 10.7. The minimum atomic E-state index is -4.55. The van der Waals surface area contributed by atoms with E-state index in [1.54, 1.807) is 0 Å². The molecule has 1 aromatic carbocycles. The molecule has 0 fully saturated rings. The summed E-state index contributed by atoms with van der Waals surface area (Å²) in [5.41, 5.74) is -1.47. The van der Waals surface area contributed by atoms with Crippen molar-refractivity contribution in [2.75, 3.05) is 6.61 Å². The molecule has 0 aliphatic carbocycles. The van der Waals surface area contributed by atoms with Crippen LogP contribution in [-0.2, 0) is 6.18 Å². The van der Waals surface area contributed by atoms with Gasteiger partial charge in [0.25, 0.3) is 0 Å². The summed E-state index contributed by atoms with van der Waals surface area (Å²) < 4.78 is 37.4. The van der Waals surface area contributed by atoms with Crippen LogP contribution in [0.15, 0.2) is 18.2 Å². The summed E-state index contributed by atoms with van der Waals surface area (Å²) in [7, 11) is 0. The summed E-state index contributed by atoms with van der Waals surface area (Å²) in [4.78, 5) is 10.8. The van der Waals surface area contributed by atoms with Crippen LogP contribution in [-0.4, -0.2) is 22.8 Å². The standard InChI is InChI=1S/C12H9F3O3/c13-12(14,15)9-4-5-10(11(17)18)8(7-9)3-1-2-6-16/h4-5,7,16H,2,6H2,(H,17,18). The maximum Gasteiger partial charge on any atom is 0.416 e. The largest absolute Gasteiger partial charge is 0.478 e. The number of hydrogen-bond acceptors (Lipinski definition) is 2. The molecule has 2 N–H and O–H groups in total. The number of aliphatic hydroxyl groups excluding tert-OH is 1. The molecule has 0 atom stereocenters. The predicted octanol–water partition coefficient (Wildman–Crippen LogP) is 2.14. The number of carboxylic acid groups (broad SMARTS) is 1. The summed E-state index contributed by atoms with van der Waals surface area (Å²) in [6.07, 6.45) is -4.49. The Morgan fingerprint density at radius 2 is 2.00 bits per heavy atom. The first-order valence-corrected chi connectivity index (χ1v) is 4.90. The summed E-state index contributed by atoms with van der Waals surface area (Å²) in [5.74, 6) is 3.36. The lowest BCUT2D eigenvalue weighted by atomic mass is 10.0. The fraction of sp³-hybridized carbons (Fsp3) is 0.250. The Kier molecular flexibility index (Phi) is 4.34. The lowest BCUT2D eigenvalue weighted by Gasteiger charge is -2.08. The van der Waals surface area contributed by atoms with Gasteiger partial charge < -0.3 is 10.2 Å². The van der Waals surface area contributed by atoms with Gasteiger partial charge in [0.15, 0.2) is 0 Å². The van der Waals surface area contributed by atoms with Crippen LogP contribution in [0.2, 0.25) is 0 Å². The van der Waals surface area contributed by atoms with Gasteiger partial charge in [-0.25, -0.2) is 4.79 Å². The molecule has 1 rings (SSSR count). The Labute approximate surface area is 101 Å². The minimum absolute atomic E-state index is 0.0648. The number of aliphatic hydroxyl groups is 1. The molecule has 0 radical (unpaired) electrons. The van der Waals surface area contributed by atoms with E-state index in [-0.39, 0.29) is 24.2 Å². The molecule has 0 saturated carbocycles. The average molecular weight is 258 g/mol. The molecule has 18 heavy (non-hydrogen) atoms. The SMILES string of the molecule is O=C(O)c1ccc(C(F)(F)F)cc1C#CCCO. The Hall–Kier alpha value is -2.00. The van der Waals surface area contributed by atoms with E-state index in [1.807, 2.05) is 0 Å². The molecule has 0 amide bonds. The predicted molar refractivity (Wildman–Crippen MR) is 57.0 cm³/mol. The molecular formula is C12H9F3O3. The first kappa shape index (κ1) is 14.1. The van der Waals surface area contributed by atoms with Crippen molar-refractivity contribution in [1.29, 1.82) is 0 Å². The van der Waals surface area contributed by atoms with Gasteiger partial charge in [0.05, 0.1) is 17.7 Å². The number of alkyl halides is 3. The maximum absolute atomic E-state index is 12.5. The molecule has 0 aromatic heterocycles. The van der Waals surface area contributed by atoms with Crippen molar-refractivity contribution in [2.45, 2.75) is 12.6 Å². The third-order valence-electron chi connectivity index (χ3n) is 2.04. The fourth-order valence-corrected chi connectivity index (χ4v) is 1.22. The van der Waals surface area contributed by atoms with Gasteiger partial charge in [-0.1, -0.05) is 11.8 Å². The summed E-state index contributed by atoms with van der Waals surface area (Å²) in [5, 5.41) is 17.3. The second-order valence-corrected chi connectivity index (χ2v) is 3.34. The molecule has 0 unspecified atom stereocenters. The van der Waals surface area contributed by atoms with Gasteiger partial charge in [-0.15, -0.1) is 0 Å². The number of carboxylic acids is 1. The van der Waals surface area contributed by atoms with E-state index in [4.69, 9.17) is 10.2 Å². The number of rotatable bonds is 2. The first-order valence-electron chi connectivity index (χ1n) is 4.90. The molecule has 0 saturated heterocycles. The number of carbonyl (C=O) groups is 1. The summed E-state index contributed by atoms with van der Waals surface area (Å²) in [6, 6.07) is 2.25. The third kappa shape index (κ3) is 3.50. The third-order valence-corrected chi connectivity index (χ3v) is 2.04. The zero-order valence-electron chi connectivity index (χ0n) is 9.08. The van der Waals surface area contributed by atoms with Gasteiger partial charge in [0, 0.05) is 12.0 Å². The van der Waals surface area contributed by atoms with Crippen molar-refractivity contribution < 1.29 is 28.2 Å². The Bertz CT molecular complexity index is 510. The van der Waals surface area contributed by atoms with Gasteiger partial charge >= 0.3 is 12.1 Å². The maximum atomic E-state index is 12.5. The van der Waals surface area contributed by atoms with E-state index in [2.05, 4.69) is 11.8 Å². The zero-order valence-corrected chi connectivity index (χ0v) is 9.08. The lowest BCUT2D eigenvalue weighted by Crippen LogP contribution is -2.08. The van der Waals surface area contributed by atoms with Crippen molar-refractivity contribution in [3.8, 4) is 11.8 Å². The molecule has 0 bridgehead atoms. The second kappa shape index (κ2) is 5.56. The van der Waals surface area contributed by atoms with Crippen molar-refractivity contribution in [3.05, 3.63) is 34.9 Å². The van der Waals surface area contributed by atoms with Gasteiger partial charge in [0.2, 0.25) is 0 Å². The van der Waals surface area contributed by atoms with Crippen LogP contribution in [0.25, 0.3) is 0 Å². The first-order chi connectivity index (χ1) is 8.36. The Morgan fingerprint density at radius 3 is 2.50 bits per heavy atom. The van der Waals surface area contributed by atoms with E-state index < -0.39 is 17.7 Å². The van der Waals surface area contributed by atoms with Gasteiger partial charge in [-0.3, -0.25) is 0 Å². The van der Waals surface area contributed by atoms with Crippen LogP contribution in [0.1, 0.15) is 27.9 Å². The van der Waals surface area contributed by atoms with E-state index in [0.29, 0.717) is 12.1 Å². The topological polar surface area (TPSA) is 57.5 Å². The van der Waals surface area contributed by atoms with Crippen LogP contribution in [0.4, 0.5) is 13.2 Å². The number of aromatic carboxylic acids is 1. The van der Waals surface area contributed by atoms with Crippen LogP contribution in [0.5, 0.6) is 0 Å². The molecule has 96 valence electrons. The molecule has 0 aliphatic rings. The van der Waals surface area contributed by atoms with E-state index in [9.17, 15) is 18.0 Å². The molecule has 0 heterocycles. The molecule has 0 spiro atoms. The highest BCUT2D eigenvalue weighted by atomic mass is 19.4. The van der Waals surface area contributed by atoms with Crippen molar-refractivity contribution in [2.24, 2.45) is 0 Å². The van der Waals surface area contributed by atoms with Crippen molar-refractivity contribution in [1.82, 2.24) is 0 Å². The lowest BCUT2D eigenvalue weighted by molar-refractivity contribution is -0.137. The van der Waals surface area contributed by atoms with Crippen molar-refractivity contribution in [3.63, 3.8) is 0 Å². The average Bonchev–Trinajstić information content (AvgIpc) is 2.27. The molecule has 0 aliphatic heterocycles. The van der Waals surface area contributed by atoms with Crippen molar-refractivity contribution >= 4 is 5.97 Å². The van der Waals surface area contributed by atoms with Crippen LogP contribution >= 0.6 is 0 Å². The van der Waals surface area contributed by atoms with Crippen LogP contribution in [0.3, 0.4) is 0 Å². The minimum Gasteiger partial charge on any atom is -0.478 e. The molecule has 1 aromatic rings. The Balaban J connectivity index is 3.26. The van der Waals surface area contributed by atoms with E-state index in [0.717, 1.165) is 6.07 Å². The molecule has 6 heteroatoms. The number of halogens is 3. The fourth-order valence-electron chi connectivity index (χ4n) is 1.22. The highest BCUT2D eigenvalue weighted by molar-refractivity contribution is 5.90. The summed E-state index contributed by atoms with van der Waals surface area (Å²) in [6.45, 7) is -0.242. The van der Waals surface area contributed by atoms with Gasteiger partial charge in [0.1, 0.15) is 0 Å². The monoisotopic (exact) mass is 258 g/mol. The van der Waals surface area contributed by atoms with E-state index in [1.165, 1.54) is 0 Å². The highest BCUT2D eigenvalue weighted by Crippen LogP contribution is 2.30. The quantitative estimate of drug-likeness (QED) is 0.799. The van der Waals surface area contributed by atoms with Crippen LogP contribution < -0.4 is 0 Å². The van der Waals surface area contributed by atoms with Gasteiger partial charge in [-0.2, -0.15) is 13.2 Å². The Morgan fingerprint density at radius 1 is 1.33 bits per heavy atom.